The van der Waals surface area contributed by atoms with Gasteiger partial charge in [0.25, 0.3) is 0 Å². The van der Waals surface area contributed by atoms with E-state index in [1.165, 1.54) is 0 Å². The molecule has 107 valence electrons. The second-order valence-electron chi connectivity index (χ2n) is 4.40. The molecule has 1 heterocycles. The number of carbonyl (C=O) groups excluding carboxylic acids is 1. The minimum absolute atomic E-state index is 0. The fraction of sp³-hybridized carbons (Fsp3) is 0.353. The Hall–Kier alpha value is -1.11. The minimum Gasteiger partial charge on any atom is -0.481 e. The summed E-state index contributed by atoms with van der Waals surface area (Å²) in [5.74, 6) is 6.59. The molecule has 0 fully saturated rings. The van der Waals surface area contributed by atoms with Crippen molar-refractivity contribution >= 4 is 11.6 Å². The first-order valence-electron chi connectivity index (χ1n) is 6.80. The maximum Gasteiger partial charge on any atom is 0.223 e. The molecule has 1 radical (unpaired) electrons. The molecule has 0 saturated carbocycles. The summed E-state index contributed by atoms with van der Waals surface area (Å²) in [5.41, 5.74) is 1.87. The molecule has 1 amide bonds. The Morgan fingerprint density at radius 3 is 2.67 bits per heavy atom. The van der Waals surface area contributed by atoms with Crippen LogP contribution in [0.25, 0.3) is 5.70 Å². The third-order valence-electron chi connectivity index (χ3n) is 3.13. The van der Waals surface area contributed by atoms with Crippen molar-refractivity contribution in [1.29, 1.82) is 0 Å². The number of allylic oxidation sites excluding steroid dienone is 1. The van der Waals surface area contributed by atoms with E-state index in [9.17, 15) is 4.79 Å². The first kappa shape index (κ1) is 17.9. The zero-order chi connectivity index (χ0) is 14.4. The molecule has 0 spiro atoms. The summed E-state index contributed by atoms with van der Waals surface area (Å²) in [5, 5.41) is 0. The van der Waals surface area contributed by atoms with Gasteiger partial charge in [0.1, 0.15) is 12.4 Å². The third kappa shape index (κ3) is 4.69. The van der Waals surface area contributed by atoms with Gasteiger partial charge in [-0.3, -0.25) is 4.79 Å². The summed E-state index contributed by atoms with van der Waals surface area (Å²) in [7, 11) is 0. The van der Waals surface area contributed by atoms with Gasteiger partial charge in [-0.2, -0.15) is 5.56 Å². The van der Waals surface area contributed by atoms with Gasteiger partial charge in [0.15, 0.2) is 0 Å². The molecule has 0 bridgehead atoms. The first-order valence-corrected chi connectivity index (χ1v) is 6.80. The van der Waals surface area contributed by atoms with Crippen LogP contribution in [0.5, 0.6) is 5.75 Å². The topological polar surface area (TPSA) is 29.5 Å². The van der Waals surface area contributed by atoms with Crippen LogP contribution in [0.2, 0.25) is 0 Å². The van der Waals surface area contributed by atoms with Crippen LogP contribution in [0.4, 0.5) is 0 Å². The van der Waals surface area contributed by atoms with Gasteiger partial charge >= 0.3 is 0 Å². The predicted molar refractivity (Wildman–Crippen MR) is 78.7 cm³/mol. The number of hydrogen-bond donors (Lipinski definition) is 0. The van der Waals surface area contributed by atoms with Gasteiger partial charge in [0, 0.05) is 45.7 Å². The zero-order valence-corrected chi connectivity index (χ0v) is 15.3. The smallest absolute Gasteiger partial charge is 0.223 e. The van der Waals surface area contributed by atoms with Gasteiger partial charge in [0.05, 0.1) is 0 Å². The van der Waals surface area contributed by atoms with E-state index in [2.05, 4.69) is 17.9 Å². The van der Waals surface area contributed by atoms with Crippen LogP contribution in [0.15, 0.2) is 24.3 Å². The van der Waals surface area contributed by atoms with E-state index in [1.54, 1.807) is 11.8 Å². The van der Waals surface area contributed by atoms with Gasteiger partial charge in [-0.1, -0.05) is 5.92 Å². The van der Waals surface area contributed by atoms with Crippen molar-refractivity contribution in [2.45, 2.75) is 26.7 Å². The van der Waals surface area contributed by atoms with E-state index >= 15 is 0 Å². The second-order valence-corrected chi connectivity index (χ2v) is 4.40. The standard InChI is InChI=1S/C17H18NO2.Y/c1-3-5-13-20-15-11-9-14(10-12-15)16-7-6-8-17(19)18(16)4-2;/h9-12H,4,6,8,13H2,1-2H3;/q-1;. The fourth-order valence-corrected chi connectivity index (χ4v) is 2.14. The molecule has 1 aromatic rings. The SMILES string of the molecule is CC#CCOc1ccc(C2=[C-]CCC(=O)N2CC)cc1.[Y]. The molecule has 0 saturated heterocycles. The van der Waals surface area contributed by atoms with Crippen LogP contribution < -0.4 is 4.74 Å². The van der Waals surface area contributed by atoms with Gasteiger partial charge in [-0.15, -0.1) is 30.2 Å². The first-order chi connectivity index (χ1) is 9.76. The van der Waals surface area contributed by atoms with Gasteiger partial charge in [0.2, 0.25) is 5.91 Å². The molecule has 1 aliphatic heterocycles. The van der Waals surface area contributed by atoms with Gasteiger partial charge in [-0.05, 0) is 26.0 Å². The summed E-state index contributed by atoms with van der Waals surface area (Å²) in [4.78, 5) is 13.7. The quantitative estimate of drug-likeness (QED) is 0.613. The number of amides is 1. The van der Waals surface area contributed by atoms with E-state index in [0.29, 0.717) is 26.0 Å². The van der Waals surface area contributed by atoms with Crippen molar-refractivity contribution in [2.75, 3.05) is 13.2 Å². The summed E-state index contributed by atoms with van der Waals surface area (Å²) >= 11 is 0. The Balaban J connectivity index is 0.00000220. The molecule has 21 heavy (non-hydrogen) atoms. The summed E-state index contributed by atoms with van der Waals surface area (Å²) in [6.45, 7) is 4.83. The Morgan fingerprint density at radius 1 is 1.33 bits per heavy atom. The van der Waals surface area contributed by atoms with E-state index in [4.69, 9.17) is 4.74 Å². The molecule has 4 heteroatoms. The summed E-state index contributed by atoms with van der Waals surface area (Å²) in [6.07, 6.45) is 4.54. The number of benzene rings is 1. The van der Waals surface area contributed by atoms with Crippen molar-refractivity contribution in [3.63, 3.8) is 0 Å². The maximum atomic E-state index is 11.9. The van der Waals surface area contributed by atoms with Crippen molar-refractivity contribution < 1.29 is 42.2 Å². The number of rotatable bonds is 4. The molecule has 0 atom stereocenters. The van der Waals surface area contributed by atoms with Crippen LogP contribution in [-0.2, 0) is 37.5 Å². The van der Waals surface area contributed by atoms with Gasteiger partial charge < -0.3 is 9.64 Å². The zero-order valence-electron chi connectivity index (χ0n) is 12.5. The van der Waals surface area contributed by atoms with Crippen LogP contribution >= 0.6 is 0 Å². The molecule has 0 unspecified atom stereocenters. The number of carbonyl (C=O) groups is 1. The third-order valence-corrected chi connectivity index (χ3v) is 3.13. The van der Waals surface area contributed by atoms with Gasteiger partial charge in [-0.25, -0.2) is 6.08 Å². The van der Waals surface area contributed by atoms with Crippen molar-refractivity contribution in [3.05, 3.63) is 35.9 Å². The van der Waals surface area contributed by atoms with Crippen LogP contribution in [0.3, 0.4) is 0 Å². The number of hydrogen-bond acceptors (Lipinski definition) is 2. The Labute approximate surface area is 151 Å². The molecular weight excluding hydrogens is 339 g/mol. The molecule has 1 aliphatic rings. The van der Waals surface area contributed by atoms with Crippen molar-refractivity contribution in [1.82, 2.24) is 4.90 Å². The van der Waals surface area contributed by atoms with E-state index in [1.807, 2.05) is 31.2 Å². The van der Waals surface area contributed by atoms with Crippen molar-refractivity contribution in [3.8, 4) is 17.6 Å². The normalized spacial score (nSPS) is 13.7. The monoisotopic (exact) mass is 357 g/mol. The number of nitrogens with zero attached hydrogens (tertiary/aromatic N) is 1. The molecule has 0 N–H and O–H groups in total. The molecule has 1 aromatic carbocycles. The summed E-state index contributed by atoms with van der Waals surface area (Å²) < 4.78 is 5.48. The maximum absolute atomic E-state index is 11.9. The molecule has 2 rings (SSSR count). The van der Waals surface area contributed by atoms with Crippen LogP contribution in [0.1, 0.15) is 32.3 Å². The summed E-state index contributed by atoms with van der Waals surface area (Å²) in [6, 6.07) is 7.71. The largest absolute Gasteiger partial charge is 0.481 e. The Kier molecular flexibility index (Phi) is 7.71. The van der Waals surface area contributed by atoms with E-state index in [-0.39, 0.29) is 38.6 Å². The molecule has 0 aromatic heterocycles. The molecule has 3 nitrogen and oxygen atoms in total. The Morgan fingerprint density at radius 2 is 2.05 bits per heavy atom. The molecular formula is C17H18NO2Y-. The van der Waals surface area contributed by atoms with E-state index in [0.717, 1.165) is 17.0 Å². The minimum atomic E-state index is 0. The van der Waals surface area contributed by atoms with E-state index < -0.39 is 0 Å². The Bertz CT molecular complexity index is 567. The van der Waals surface area contributed by atoms with Crippen LogP contribution in [0, 0.1) is 17.9 Å². The van der Waals surface area contributed by atoms with Crippen molar-refractivity contribution in [2.24, 2.45) is 0 Å². The second kappa shape index (κ2) is 9.02. The molecule has 0 aliphatic carbocycles. The average molecular weight is 357 g/mol. The number of ether oxygens (including phenoxy) is 1. The predicted octanol–water partition coefficient (Wildman–Crippen LogP) is 2.87. The fourth-order valence-electron chi connectivity index (χ4n) is 2.14. The average Bonchev–Trinajstić information content (AvgIpc) is 2.48. The van der Waals surface area contributed by atoms with Crippen LogP contribution in [-0.4, -0.2) is 24.0 Å².